The molecule has 0 fully saturated rings. The fourth-order valence-corrected chi connectivity index (χ4v) is 7.59. The molecule has 0 aliphatic heterocycles. The Kier molecular flexibility index (Phi) is 11.4. The minimum atomic E-state index is -3.65. The van der Waals surface area contributed by atoms with Crippen LogP contribution in [0.1, 0.15) is 25.7 Å². The van der Waals surface area contributed by atoms with Gasteiger partial charge >= 0.3 is 0 Å². The Bertz CT molecular complexity index is 1520. The third kappa shape index (κ3) is 9.16. The van der Waals surface area contributed by atoms with E-state index < -0.39 is 19.7 Å². The molecule has 228 valence electrons. The molecule has 0 atom stereocenters. The second-order valence-corrected chi connectivity index (χ2v) is 14.8. The molecule has 0 saturated heterocycles. The summed E-state index contributed by atoms with van der Waals surface area (Å²) in [5.74, 6) is 3.29. The molecule has 0 spiro atoms. The van der Waals surface area contributed by atoms with E-state index in [-0.39, 0.29) is 31.1 Å². The molecule has 2 N–H and O–H groups in total. The first-order valence-electron chi connectivity index (χ1n) is 13.8. The molecule has 4 aromatic carbocycles. The van der Waals surface area contributed by atoms with Gasteiger partial charge in [0.25, 0.3) is 0 Å². The molecule has 0 unspecified atom stereocenters. The highest BCUT2D eigenvalue weighted by molar-refractivity contribution is 7.99. The summed E-state index contributed by atoms with van der Waals surface area (Å²) in [5, 5.41) is 18.8. The van der Waals surface area contributed by atoms with Crippen LogP contribution in [0, 0.1) is 0 Å². The van der Waals surface area contributed by atoms with Crippen molar-refractivity contribution < 1.29 is 36.5 Å². The number of thioether (sulfide) groups is 1. The van der Waals surface area contributed by atoms with E-state index in [4.69, 9.17) is 9.47 Å². The molecule has 0 aliphatic carbocycles. The van der Waals surface area contributed by atoms with Crippen LogP contribution < -0.4 is 9.47 Å². The molecular weight excluding hydrogens is 609 g/mol. The third-order valence-corrected chi connectivity index (χ3v) is 11.2. The lowest BCUT2D eigenvalue weighted by Crippen LogP contribution is -2.03. The molecule has 0 saturated carbocycles. The summed E-state index contributed by atoms with van der Waals surface area (Å²) in [6, 6.07) is 23.6. The average Bonchev–Trinajstić information content (AvgIpc) is 3.01. The van der Waals surface area contributed by atoms with Gasteiger partial charge in [-0.3, -0.25) is 0 Å². The number of hydrogen-bond donors (Lipinski definition) is 2. The van der Waals surface area contributed by atoms with Gasteiger partial charge in [0, 0.05) is 0 Å². The van der Waals surface area contributed by atoms with E-state index in [9.17, 15) is 27.0 Å². The second-order valence-electron chi connectivity index (χ2n) is 9.66. The normalized spacial score (nSPS) is 11.7. The molecule has 0 amide bonds. The molecule has 8 nitrogen and oxygen atoms in total. The quantitative estimate of drug-likeness (QED) is 0.131. The van der Waals surface area contributed by atoms with Gasteiger partial charge in [0.1, 0.15) is 23.0 Å². The largest absolute Gasteiger partial charge is 0.508 e. The predicted molar refractivity (Wildman–Crippen MR) is 167 cm³/mol. The SMILES string of the molecule is O=S(=O)(c1ccc(O)cc1)c1ccc(OCCCCSCCCCOc2ccc(S(=O)(=O)c3ccc(O)cc3)cc2)cc1. The van der Waals surface area contributed by atoms with Gasteiger partial charge in [-0.1, -0.05) is 0 Å². The number of phenolic OH excluding ortho intramolecular Hbond substituents is 2. The van der Waals surface area contributed by atoms with Crippen molar-refractivity contribution in [2.45, 2.75) is 45.3 Å². The van der Waals surface area contributed by atoms with E-state index in [1.54, 1.807) is 24.3 Å². The highest BCUT2D eigenvalue weighted by Crippen LogP contribution is 2.26. The van der Waals surface area contributed by atoms with Gasteiger partial charge in [-0.15, -0.1) is 0 Å². The number of hydrogen-bond acceptors (Lipinski definition) is 9. The van der Waals surface area contributed by atoms with Crippen molar-refractivity contribution in [3.05, 3.63) is 97.1 Å². The fourth-order valence-electron chi connectivity index (χ4n) is 4.05. The summed E-state index contributed by atoms with van der Waals surface area (Å²) in [6.45, 7) is 1.10. The molecule has 0 heterocycles. The Hall–Kier alpha value is -3.67. The van der Waals surface area contributed by atoms with Crippen molar-refractivity contribution in [3.63, 3.8) is 0 Å². The number of benzene rings is 4. The lowest BCUT2D eigenvalue weighted by molar-refractivity contribution is 0.309. The Morgan fingerprint density at radius 2 is 0.767 bits per heavy atom. The summed E-state index contributed by atoms with van der Waals surface area (Å²) < 4.78 is 62.3. The zero-order chi connectivity index (χ0) is 30.7. The first kappa shape index (κ1) is 32.2. The van der Waals surface area contributed by atoms with Gasteiger partial charge in [-0.2, -0.15) is 11.8 Å². The highest BCUT2D eigenvalue weighted by atomic mass is 32.2. The Morgan fingerprint density at radius 3 is 1.09 bits per heavy atom. The molecular formula is C32H34O8S3. The van der Waals surface area contributed by atoms with Gasteiger partial charge in [0.05, 0.1) is 32.8 Å². The number of aromatic hydroxyl groups is 2. The maximum absolute atomic E-state index is 12.7. The summed E-state index contributed by atoms with van der Waals surface area (Å²) in [6.07, 6.45) is 3.80. The second kappa shape index (κ2) is 15.2. The molecule has 0 aliphatic rings. The smallest absolute Gasteiger partial charge is 0.206 e. The molecule has 0 aromatic heterocycles. The minimum absolute atomic E-state index is 0.0114. The van der Waals surface area contributed by atoms with Crippen LogP contribution in [0.2, 0.25) is 0 Å². The van der Waals surface area contributed by atoms with Crippen molar-refractivity contribution >= 4 is 31.4 Å². The van der Waals surface area contributed by atoms with Gasteiger partial charge < -0.3 is 19.7 Å². The fraction of sp³-hybridized carbons (Fsp3) is 0.250. The first-order valence-corrected chi connectivity index (χ1v) is 17.9. The summed E-state index contributed by atoms with van der Waals surface area (Å²) in [4.78, 5) is 0.583. The van der Waals surface area contributed by atoms with E-state index in [0.29, 0.717) is 24.7 Å². The van der Waals surface area contributed by atoms with Gasteiger partial charge in [0.15, 0.2) is 0 Å². The number of sulfone groups is 2. The lowest BCUT2D eigenvalue weighted by Gasteiger charge is -2.09. The van der Waals surface area contributed by atoms with Gasteiger partial charge in [-0.05, 0) is 134 Å². The summed E-state index contributed by atoms with van der Waals surface area (Å²) >= 11 is 1.88. The van der Waals surface area contributed by atoms with E-state index in [1.807, 2.05) is 11.8 Å². The predicted octanol–water partition coefficient (Wildman–Crippen LogP) is 6.51. The number of rotatable bonds is 16. The van der Waals surface area contributed by atoms with E-state index in [1.165, 1.54) is 72.8 Å². The van der Waals surface area contributed by atoms with Crippen LogP contribution in [0.4, 0.5) is 0 Å². The Morgan fingerprint density at radius 1 is 0.465 bits per heavy atom. The van der Waals surface area contributed by atoms with Crippen molar-refractivity contribution in [3.8, 4) is 23.0 Å². The standard InChI is InChI=1S/C32H34O8S3/c33-25-5-13-29(14-6-25)42(35,36)31-17-9-27(10-18-31)39-21-1-3-23-41-24-4-2-22-40-28-11-19-32(20-12-28)43(37,38)30-15-7-26(34)8-16-30/h5-20,33-34H,1-4,21-24H2. The zero-order valence-corrected chi connectivity index (χ0v) is 25.9. The van der Waals surface area contributed by atoms with Crippen LogP contribution in [0.3, 0.4) is 0 Å². The molecule has 4 rings (SSSR count). The van der Waals surface area contributed by atoms with Gasteiger partial charge in [0.2, 0.25) is 19.7 Å². The van der Waals surface area contributed by atoms with Crippen LogP contribution in [0.15, 0.2) is 117 Å². The Balaban J connectivity index is 1.05. The number of unbranched alkanes of at least 4 members (excludes halogenated alkanes) is 2. The minimum Gasteiger partial charge on any atom is -0.508 e. The lowest BCUT2D eigenvalue weighted by atomic mass is 10.3. The van der Waals surface area contributed by atoms with Crippen molar-refractivity contribution in [1.82, 2.24) is 0 Å². The Labute approximate surface area is 257 Å². The highest BCUT2D eigenvalue weighted by Gasteiger charge is 2.18. The van der Waals surface area contributed by atoms with Gasteiger partial charge in [-0.25, -0.2) is 16.8 Å². The van der Waals surface area contributed by atoms with E-state index in [2.05, 4.69) is 0 Å². The number of phenols is 2. The zero-order valence-electron chi connectivity index (χ0n) is 23.5. The van der Waals surface area contributed by atoms with Crippen molar-refractivity contribution in [2.24, 2.45) is 0 Å². The van der Waals surface area contributed by atoms with E-state index >= 15 is 0 Å². The molecule has 0 bridgehead atoms. The first-order chi connectivity index (χ1) is 20.7. The summed E-state index contributed by atoms with van der Waals surface area (Å²) in [7, 11) is -7.30. The maximum atomic E-state index is 12.7. The van der Waals surface area contributed by atoms with Crippen molar-refractivity contribution in [2.75, 3.05) is 24.7 Å². The van der Waals surface area contributed by atoms with Crippen LogP contribution in [-0.4, -0.2) is 51.8 Å². The van der Waals surface area contributed by atoms with Crippen LogP contribution in [0.5, 0.6) is 23.0 Å². The van der Waals surface area contributed by atoms with Crippen LogP contribution in [-0.2, 0) is 19.7 Å². The topological polar surface area (TPSA) is 127 Å². The maximum Gasteiger partial charge on any atom is 0.206 e. The van der Waals surface area contributed by atoms with Crippen LogP contribution >= 0.6 is 11.8 Å². The molecule has 4 aromatic rings. The summed E-state index contributed by atoms with van der Waals surface area (Å²) in [5.41, 5.74) is 0. The number of ether oxygens (including phenoxy) is 2. The molecule has 43 heavy (non-hydrogen) atoms. The third-order valence-electron chi connectivity index (χ3n) is 6.47. The molecule has 11 heteroatoms. The van der Waals surface area contributed by atoms with Crippen molar-refractivity contribution in [1.29, 1.82) is 0 Å². The average molecular weight is 643 g/mol. The molecule has 0 radical (unpaired) electrons. The van der Waals surface area contributed by atoms with Crippen LogP contribution in [0.25, 0.3) is 0 Å². The monoisotopic (exact) mass is 642 g/mol. The van der Waals surface area contributed by atoms with E-state index in [0.717, 1.165) is 37.2 Å².